The molecule has 2 aromatic rings. The van der Waals surface area contributed by atoms with Crippen molar-refractivity contribution >= 4 is 11.7 Å². The lowest BCUT2D eigenvalue weighted by Crippen LogP contribution is -2.41. The summed E-state index contributed by atoms with van der Waals surface area (Å²) in [5.41, 5.74) is 0. The van der Waals surface area contributed by atoms with Crippen LogP contribution in [-0.2, 0) is 4.79 Å². The predicted octanol–water partition coefficient (Wildman–Crippen LogP) is 1.05. The van der Waals surface area contributed by atoms with Crippen LogP contribution >= 0.6 is 0 Å². The Hall–Kier alpha value is -2.51. The Bertz CT molecular complexity index is 646. The first-order chi connectivity index (χ1) is 11.6. The fourth-order valence-corrected chi connectivity index (χ4v) is 2.76. The van der Waals surface area contributed by atoms with Crippen LogP contribution in [0.25, 0.3) is 5.82 Å². The third-order valence-electron chi connectivity index (χ3n) is 4.16. The third kappa shape index (κ3) is 3.87. The molecule has 1 saturated heterocycles. The van der Waals surface area contributed by atoms with Gasteiger partial charge >= 0.3 is 0 Å². The maximum absolute atomic E-state index is 12.1. The monoisotopic (exact) mass is 329 g/mol. The van der Waals surface area contributed by atoms with Crippen molar-refractivity contribution in [2.75, 3.05) is 24.5 Å². The van der Waals surface area contributed by atoms with Crippen molar-refractivity contribution in [1.82, 2.24) is 30.3 Å². The first-order valence-electron chi connectivity index (χ1n) is 8.35. The second-order valence-electron chi connectivity index (χ2n) is 6.49. The zero-order chi connectivity index (χ0) is 16.9. The van der Waals surface area contributed by atoms with Crippen LogP contribution < -0.4 is 10.2 Å². The Balaban J connectivity index is 1.54. The van der Waals surface area contributed by atoms with E-state index < -0.39 is 0 Å². The molecule has 8 nitrogen and oxygen atoms in total. The van der Waals surface area contributed by atoms with Crippen molar-refractivity contribution in [3.63, 3.8) is 0 Å². The highest BCUT2D eigenvalue weighted by Gasteiger charge is 2.25. The molecule has 1 N–H and O–H groups in total. The van der Waals surface area contributed by atoms with Gasteiger partial charge in [-0.2, -0.15) is 5.10 Å². The minimum atomic E-state index is 0.0994. The number of hydrogen-bond acceptors (Lipinski definition) is 6. The lowest BCUT2D eigenvalue weighted by molar-refractivity contribution is -0.125. The van der Waals surface area contributed by atoms with Gasteiger partial charge in [0, 0.05) is 25.6 Å². The number of carbonyl (C=O) groups is 1. The fourth-order valence-electron chi connectivity index (χ4n) is 2.76. The number of amides is 1. The number of rotatable bonds is 5. The van der Waals surface area contributed by atoms with Crippen molar-refractivity contribution in [3.8, 4) is 5.82 Å². The van der Waals surface area contributed by atoms with E-state index in [-0.39, 0.29) is 11.8 Å². The molecule has 128 valence electrons. The Kier molecular flexibility index (Phi) is 5.02. The van der Waals surface area contributed by atoms with Crippen LogP contribution in [0.15, 0.2) is 24.8 Å². The van der Waals surface area contributed by atoms with Gasteiger partial charge in [0.2, 0.25) is 5.91 Å². The van der Waals surface area contributed by atoms with E-state index in [0.717, 1.165) is 38.3 Å². The summed E-state index contributed by atoms with van der Waals surface area (Å²) in [5.74, 6) is 2.23. The van der Waals surface area contributed by atoms with Crippen molar-refractivity contribution in [1.29, 1.82) is 0 Å². The van der Waals surface area contributed by atoms with Crippen LogP contribution in [0.4, 0.5) is 5.82 Å². The molecular weight excluding hydrogens is 306 g/mol. The standard InChI is InChI=1S/C16H23N7O/c1-12(2)9-18-16(24)13-5-7-22(8-6-13)14-3-4-15(21-20-14)23-11-17-10-19-23/h3-4,10-13H,5-9H2,1-2H3,(H,18,24). The molecule has 1 aliphatic rings. The van der Waals surface area contributed by atoms with Gasteiger partial charge in [0.15, 0.2) is 11.6 Å². The van der Waals surface area contributed by atoms with E-state index in [0.29, 0.717) is 11.7 Å². The van der Waals surface area contributed by atoms with Crippen LogP contribution in [0, 0.1) is 11.8 Å². The second kappa shape index (κ2) is 7.37. The average Bonchev–Trinajstić information content (AvgIpc) is 3.14. The van der Waals surface area contributed by atoms with Gasteiger partial charge in [0.25, 0.3) is 0 Å². The quantitative estimate of drug-likeness (QED) is 0.882. The summed E-state index contributed by atoms with van der Waals surface area (Å²) in [6.45, 7) is 6.58. The van der Waals surface area contributed by atoms with Crippen LogP contribution in [0.3, 0.4) is 0 Å². The highest BCUT2D eigenvalue weighted by molar-refractivity contribution is 5.78. The Morgan fingerprint density at radius 2 is 1.96 bits per heavy atom. The minimum absolute atomic E-state index is 0.0994. The molecular formula is C16H23N7O. The van der Waals surface area contributed by atoms with E-state index >= 15 is 0 Å². The number of nitrogens with one attached hydrogen (secondary N) is 1. The summed E-state index contributed by atoms with van der Waals surface area (Å²) < 4.78 is 1.57. The number of anilines is 1. The Labute approximate surface area is 141 Å². The zero-order valence-corrected chi connectivity index (χ0v) is 14.1. The number of nitrogens with zero attached hydrogens (tertiary/aromatic N) is 6. The minimum Gasteiger partial charge on any atom is -0.356 e. The Morgan fingerprint density at radius 3 is 2.54 bits per heavy atom. The molecule has 0 aromatic carbocycles. The molecule has 8 heteroatoms. The third-order valence-corrected chi connectivity index (χ3v) is 4.16. The van der Waals surface area contributed by atoms with Crippen molar-refractivity contribution in [2.24, 2.45) is 11.8 Å². The largest absolute Gasteiger partial charge is 0.356 e. The summed E-state index contributed by atoms with van der Waals surface area (Å²) in [6, 6.07) is 3.81. The first kappa shape index (κ1) is 16.4. The van der Waals surface area contributed by atoms with E-state index in [1.165, 1.54) is 6.33 Å². The SMILES string of the molecule is CC(C)CNC(=O)C1CCN(c2ccc(-n3cncn3)nn2)CC1. The number of piperidine rings is 1. The molecule has 0 saturated carbocycles. The molecule has 0 bridgehead atoms. The molecule has 24 heavy (non-hydrogen) atoms. The molecule has 0 spiro atoms. The van der Waals surface area contributed by atoms with Crippen molar-refractivity contribution < 1.29 is 4.79 Å². The highest BCUT2D eigenvalue weighted by atomic mass is 16.1. The maximum Gasteiger partial charge on any atom is 0.223 e. The van der Waals surface area contributed by atoms with Gasteiger partial charge in [0.1, 0.15) is 12.7 Å². The van der Waals surface area contributed by atoms with Gasteiger partial charge in [-0.15, -0.1) is 10.2 Å². The summed E-state index contributed by atoms with van der Waals surface area (Å²) >= 11 is 0. The van der Waals surface area contributed by atoms with Crippen LogP contribution in [0.2, 0.25) is 0 Å². The number of aromatic nitrogens is 5. The van der Waals surface area contributed by atoms with E-state index in [1.807, 2.05) is 12.1 Å². The molecule has 2 aromatic heterocycles. The summed E-state index contributed by atoms with van der Waals surface area (Å²) in [5, 5.41) is 15.5. The smallest absolute Gasteiger partial charge is 0.223 e. The highest BCUT2D eigenvalue weighted by Crippen LogP contribution is 2.22. The predicted molar refractivity (Wildman–Crippen MR) is 89.7 cm³/mol. The summed E-state index contributed by atoms with van der Waals surface area (Å²) in [6.07, 6.45) is 4.74. The second-order valence-corrected chi connectivity index (χ2v) is 6.49. The van der Waals surface area contributed by atoms with Gasteiger partial charge in [-0.3, -0.25) is 4.79 Å². The normalized spacial score (nSPS) is 15.7. The molecule has 1 fully saturated rings. The van der Waals surface area contributed by atoms with Crippen molar-refractivity contribution in [3.05, 3.63) is 24.8 Å². The topological polar surface area (TPSA) is 88.8 Å². The zero-order valence-electron chi connectivity index (χ0n) is 14.1. The molecule has 0 radical (unpaired) electrons. The summed E-state index contributed by atoms with van der Waals surface area (Å²) in [4.78, 5) is 18.2. The molecule has 1 aliphatic heterocycles. The first-order valence-corrected chi connectivity index (χ1v) is 8.35. The average molecular weight is 329 g/mol. The van der Waals surface area contributed by atoms with Gasteiger partial charge in [-0.05, 0) is 30.9 Å². The van der Waals surface area contributed by atoms with Gasteiger partial charge in [-0.1, -0.05) is 13.8 Å². The molecule has 1 amide bonds. The maximum atomic E-state index is 12.1. The van der Waals surface area contributed by atoms with E-state index in [2.05, 4.69) is 44.3 Å². The van der Waals surface area contributed by atoms with E-state index in [9.17, 15) is 4.79 Å². The number of carbonyl (C=O) groups excluding carboxylic acids is 1. The molecule has 0 aliphatic carbocycles. The lowest BCUT2D eigenvalue weighted by Gasteiger charge is -2.32. The Morgan fingerprint density at radius 1 is 1.25 bits per heavy atom. The van der Waals surface area contributed by atoms with Crippen LogP contribution in [-0.4, -0.2) is 50.5 Å². The molecule has 0 atom stereocenters. The van der Waals surface area contributed by atoms with Gasteiger partial charge in [0.05, 0.1) is 0 Å². The lowest BCUT2D eigenvalue weighted by atomic mass is 9.95. The van der Waals surface area contributed by atoms with Crippen molar-refractivity contribution in [2.45, 2.75) is 26.7 Å². The molecule has 3 heterocycles. The molecule has 3 rings (SSSR count). The fraction of sp³-hybridized carbons (Fsp3) is 0.562. The van der Waals surface area contributed by atoms with Gasteiger partial charge in [-0.25, -0.2) is 9.67 Å². The summed E-state index contributed by atoms with van der Waals surface area (Å²) in [7, 11) is 0. The molecule has 0 unspecified atom stereocenters. The van der Waals surface area contributed by atoms with Gasteiger partial charge < -0.3 is 10.2 Å². The van der Waals surface area contributed by atoms with Crippen LogP contribution in [0.5, 0.6) is 0 Å². The van der Waals surface area contributed by atoms with E-state index in [1.54, 1.807) is 11.0 Å². The van der Waals surface area contributed by atoms with E-state index in [4.69, 9.17) is 0 Å². The van der Waals surface area contributed by atoms with Crippen LogP contribution in [0.1, 0.15) is 26.7 Å². The number of hydrogen-bond donors (Lipinski definition) is 1.